The summed E-state index contributed by atoms with van der Waals surface area (Å²) in [5, 5.41) is 2.89. The molecule has 4 nitrogen and oxygen atoms in total. The minimum atomic E-state index is -0.396. The summed E-state index contributed by atoms with van der Waals surface area (Å²) in [7, 11) is 0. The van der Waals surface area contributed by atoms with E-state index < -0.39 is 5.97 Å². The van der Waals surface area contributed by atoms with Gasteiger partial charge in [-0.2, -0.15) is 0 Å². The van der Waals surface area contributed by atoms with Crippen LogP contribution in [0, 0.1) is 0 Å². The Morgan fingerprint density at radius 3 is 2.42 bits per heavy atom. The molecule has 2 rings (SSSR count). The lowest BCUT2D eigenvalue weighted by Crippen LogP contribution is -2.23. The van der Waals surface area contributed by atoms with Crippen LogP contribution in [0.5, 0.6) is 0 Å². The first-order chi connectivity index (χ1) is 12.5. The Hall–Kier alpha value is -1.50. The van der Waals surface area contributed by atoms with Crippen LogP contribution in [0.15, 0.2) is 30.3 Å². The molecule has 1 amide bonds. The Labute approximate surface area is 167 Å². The van der Waals surface area contributed by atoms with Crippen molar-refractivity contribution in [3.05, 3.63) is 50.7 Å². The van der Waals surface area contributed by atoms with Gasteiger partial charge in [-0.05, 0) is 36.1 Å². The highest BCUT2D eigenvalue weighted by atomic mass is 35.5. The Balaban J connectivity index is 1.77. The third kappa shape index (κ3) is 6.34. The molecular formula is C19H22ClNO3S2. The second-order valence-electron chi connectivity index (χ2n) is 5.57. The first kappa shape index (κ1) is 20.8. The average molecular weight is 412 g/mol. The zero-order chi connectivity index (χ0) is 18.9. The van der Waals surface area contributed by atoms with Crippen LogP contribution in [0.2, 0.25) is 4.34 Å². The fraction of sp³-hybridized carbons (Fsp3) is 0.368. The third-order valence-electron chi connectivity index (χ3n) is 3.72. The second kappa shape index (κ2) is 10.6. The molecule has 1 aromatic carbocycles. The number of benzene rings is 1. The van der Waals surface area contributed by atoms with Gasteiger partial charge in [-0.25, -0.2) is 0 Å². The van der Waals surface area contributed by atoms with Crippen LogP contribution < -0.4 is 5.32 Å². The maximum absolute atomic E-state index is 12.1. The van der Waals surface area contributed by atoms with E-state index in [2.05, 4.69) is 5.32 Å². The molecule has 0 aliphatic heterocycles. The van der Waals surface area contributed by atoms with E-state index in [1.165, 1.54) is 23.1 Å². The largest absolute Gasteiger partial charge is 0.455 e. The molecular weight excluding hydrogens is 390 g/mol. The van der Waals surface area contributed by atoms with Crippen molar-refractivity contribution >= 4 is 52.3 Å². The molecule has 0 aliphatic carbocycles. The normalized spacial score (nSPS) is 10.6. The molecule has 0 spiro atoms. The summed E-state index contributed by atoms with van der Waals surface area (Å²) in [6.07, 6.45) is 1.65. The minimum absolute atomic E-state index is 0.203. The van der Waals surface area contributed by atoms with Gasteiger partial charge in [0.25, 0.3) is 5.91 Å². The highest BCUT2D eigenvalue weighted by Crippen LogP contribution is 2.25. The number of amides is 1. The van der Waals surface area contributed by atoms with Crippen molar-refractivity contribution in [2.45, 2.75) is 32.4 Å². The summed E-state index contributed by atoms with van der Waals surface area (Å²) in [6, 6.07) is 9.76. The number of thiophene rings is 1. The van der Waals surface area contributed by atoms with Gasteiger partial charge in [-0.3, -0.25) is 9.59 Å². The molecule has 140 valence electrons. The number of aryl methyl sites for hydroxylation is 2. The zero-order valence-electron chi connectivity index (χ0n) is 14.8. The number of ether oxygens (including phenoxy) is 1. The second-order valence-corrected chi connectivity index (χ2v) is 8.35. The summed E-state index contributed by atoms with van der Waals surface area (Å²) in [6.45, 7) is 3.82. The fourth-order valence-electron chi connectivity index (χ4n) is 2.43. The van der Waals surface area contributed by atoms with Crippen LogP contribution in [-0.2, 0) is 32.9 Å². The Morgan fingerprint density at radius 1 is 1.15 bits per heavy atom. The van der Waals surface area contributed by atoms with Crippen LogP contribution >= 0.6 is 34.7 Å². The van der Waals surface area contributed by atoms with Gasteiger partial charge in [0.1, 0.15) is 0 Å². The third-order valence-corrected chi connectivity index (χ3v) is 6.09. The summed E-state index contributed by atoms with van der Waals surface area (Å²) >= 11 is 8.80. The molecule has 0 radical (unpaired) electrons. The van der Waals surface area contributed by atoms with Gasteiger partial charge in [-0.15, -0.1) is 23.1 Å². The number of carbonyl (C=O) groups is 2. The maximum Gasteiger partial charge on any atom is 0.316 e. The summed E-state index contributed by atoms with van der Waals surface area (Å²) in [4.78, 5) is 25.0. The average Bonchev–Trinajstić information content (AvgIpc) is 3.05. The molecule has 0 saturated carbocycles. The van der Waals surface area contributed by atoms with Crippen molar-refractivity contribution in [3.63, 3.8) is 0 Å². The van der Waals surface area contributed by atoms with E-state index in [4.69, 9.17) is 16.3 Å². The van der Waals surface area contributed by atoms with Crippen molar-refractivity contribution in [2.75, 3.05) is 17.7 Å². The van der Waals surface area contributed by atoms with Crippen LogP contribution in [0.4, 0.5) is 5.69 Å². The van der Waals surface area contributed by atoms with Crippen LogP contribution in [0.25, 0.3) is 0 Å². The molecule has 1 heterocycles. The molecule has 0 fully saturated rings. The molecule has 0 atom stereocenters. The smallest absolute Gasteiger partial charge is 0.316 e. The number of halogens is 1. The SMILES string of the molecule is CCc1cccc(CC)c1NC(=O)COC(=O)CSCc1ccc(Cl)s1. The number of hydrogen-bond acceptors (Lipinski definition) is 5. The molecule has 26 heavy (non-hydrogen) atoms. The predicted octanol–water partition coefficient (Wildman–Crippen LogP) is 4.94. The van der Waals surface area contributed by atoms with Crippen molar-refractivity contribution in [1.29, 1.82) is 0 Å². The number of nitrogens with one attached hydrogen (secondary N) is 1. The van der Waals surface area contributed by atoms with Crippen LogP contribution in [-0.4, -0.2) is 24.2 Å². The number of carbonyl (C=O) groups excluding carboxylic acids is 2. The predicted molar refractivity (Wildman–Crippen MR) is 110 cm³/mol. The number of rotatable bonds is 9. The molecule has 0 unspecified atom stereocenters. The van der Waals surface area contributed by atoms with Crippen LogP contribution in [0.3, 0.4) is 0 Å². The highest BCUT2D eigenvalue weighted by Gasteiger charge is 2.12. The number of hydrogen-bond donors (Lipinski definition) is 1. The van der Waals surface area contributed by atoms with E-state index in [0.29, 0.717) is 5.75 Å². The summed E-state index contributed by atoms with van der Waals surface area (Å²) in [5.74, 6) is 0.188. The Bertz CT molecular complexity index is 739. The molecule has 7 heteroatoms. The van der Waals surface area contributed by atoms with E-state index >= 15 is 0 Å². The van der Waals surface area contributed by atoms with E-state index in [-0.39, 0.29) is 18.3 Å². The molecule has 0 aliphatic rings. The lowest BCUT2D eigenvalue weighted by Gasteiger charge is -2.14. The number of para-hydroxylation sites is 1. The van der Waals surface area contributed by atoms with Gasteiger partial charge >= 0.3 is 5.97 Å². The Kier molecular flexibility index (Phi) is 8.48. The quantitative estimate of drug-likeness (QED) is 0.593. The number of thioether (sulfide) groups is 1. The van der Waals surface area contributed by atoms with Crippen molar-refractivity contribution in [2.24, 2.45) is 0 Å². The molecule has 1 N–H and O–H groups in total. The minimum Gasteiger partial charge on any atom is -0.455 e. The standard InChI is InChI=1S/C19H22ClNO3S2/c1-3-13-6-5-7-14(4-2)19(13)21-17(22)10-24-18(23)12-25-11-15-8-9-16(20)26-15/h5-9H,3-4,10-12H2,1-2H3,(H,21,22). The number of esters is 1. The first-order valence-corrected chi connectivity index (χ1v) is 10.8. The van der Waals surface area contributed by atoms with Gasteiger partial charge in [-0.1, -0.05) is 43.6 Å². The number of anilines is 1. The Morgan fingerprint density at radius 2 is 1.85 bits per heavy atom. The van der Waals surface area contributed by atoms with Crippen molar-refractivity contribution < 1.29 is 14.3 Å². The van der Waals surface area contributed by atoms with Gasteiger partial charge in [0, 0.05) is 16.3 Å². The lowest BCUT2D eigenvalue weighted by atomic mass is 10.0. The maximum atomic E-state index is 12.1. The monoisotopic (exact) mass is 411 g/mol. The fourth-order valence-corrected chi connectivity index (χ4v) is 4.45. The van der Waals surface area contributed by atoms with Gasteiger partial charge < -0.3 is 10.1 Å². The van der Waals surface area contributed by atoms with Crippen molar-refractivity contribution in [1.82, 2.24) is 0 Å². The molecule has 2 aromatic rings. The van der Waals surface area contributed by atoms with Gasteiger partial charge in [0.15, 0.2) is 6.61 Å². The van der Waals surface area contributed by atoms with Gasteiger partial charge in [0.05, 0.1) is 10.1 Å². The van der Waals surface area contributed by atoms with Crippen LogP contribution in [0.1, 0.15) is 29.9 Å². The zero-order valence-corrected chi connectivity index (χ0v) is 17.2. The summed E-state index contributed by atoms with van der Waals surface area (Å²) < 4.78 is 5.81. The van der Waals surface area contributed by atoms with E-state index in [9.17, 15) is 9.59 Å². The van der Waals surface area contributed by atoms with E-state index in [0.717, 1.165) is 38.9 Å². The van der Waals surface area contributed by atoms with E-state index in [1.54, 1.807) is 0 Å². The highest BCUT2D eigenvalue weighted by molar-refractivity contribution is 7.99. The molecule has 1 aromatic heterocycles. The topological polar surface area (TPSA) is 55.4 Å². The molecule has 0 bridgehead atoms. The first-order valence-electron chi connectivity index (χ1n) is 8.41. The summed E-state index contributed by atoms with van der Waals surface area (Å²) in [5.41, 5.74) is 2.99. The lowest BCUT2D eigenvalue weighted by molar-refractivity contribution is -0.144. The van der Waals surface area contributed by atoms with Gasteiger partial charge in [0.2, 0.25) is 0 Å². The van der Waals surface area contributed by atoms with E-state index in [1.807, 2.05) is 44.2 Å². The van der Waals surface area contributed by atoms with Crippen molar-refractivity contribution in [3.8, 4) is 0 Å². The molecule has 0 saturated heterocycles.